The molecule has 0 bridgehead atoms. The SMILES string of the molecule is O=c1[nH]cnc2c1ncn2-n1cnc2c(=S)nc[nH]c21. The second-order valence-corrected chi connectivity index (χ2v) is 4.37. The van der Waals surface area contributed by atoms with E-state index in [2.05, 4.69) is 29.9 Å². The second kappa shape index (κ2) is 3.81. The van der Waals surface area contributed by atoms with Crippen LogP contribution < -0.4 is 5.56 Å². The zero-order valence-electron chi connectivity index (χ0n) is 9.81. The fourth-order valence-corrected chi connectivity index (χ4v) is 2.20. The van der Waals surface area contributed by atoms with Crippen molar-refractivity contribution in [1.82, 2.24) is 39.3 Å². The van der Waals surface area contributed by atoms with Gasteiger partial charge in [-0.1, -0.05) is 12.2 Å². The van der Waals surface area contributed by atoms with Crippen molar-refractivity contribution in [2.45, 2.75) is 0 Å². The van der Waals surface area contributed by atoms with Crippen LogP contribution in [0, 0.1) is 4.64 Å². The van der Waals surface area contributed by atoms with Crippen molar-refractivity contribution in [3.05, 3.63) is 40.3 Å². The summed E-state index contributed by atoms with van der Waals surface area (Å²) in [5, 5.41) is 0. The van der Waals surface area contributed by atoms with Gasteiger partial charge in [-0.05, 0) is 0 Å². The van der Waals surface area contributed by atoms with E-state index in [1.165, 1.54) is 19.0 Å². The molecule has 0 spiro atoms. The van der Waals surface area contributed by atoms with Gasteiger partial charge in [-0.15, -0.1) is 0 Å². The number of aromatic amines is 2. The lowest BCUT2D eigenvalue weighted by Gasteiger charge is -2.04. The molecule has 0 atom stereocenters. The molecule has 20 heavy (non-hydrogen) atoms. The summed E-state index contributed by atoms with van der Waals surface area (Å²) >= 11 is 5.11. The third kappa shape index (κ3) is 1.36. The maximum absolute atomic E-state index is 11.6. The van der Waals surface area contributed by atoms with Crippen LogP contribution in [0.1, 0.15) is 0 Å². The molecular weight excluding hydrogens is 280 g/mol. The van der Waals surface area contributed by atoms with Gasteiger partial charge in [0.2, 0.25) is 0 Å². The van der Waals surface area contributed by atoms with Gasteiger partial charge in [0.15, 0.2) is 21.5 Å². The number of H-pyrrole nitrogens is 2. The fraction of sp³-hybridized carbons (Fsp3) is 0. The summed E-state index contributed by atoms with van der Waals surface area (Å²) in [6.07, 6.45) is 5.86. The molecule has 0 saturated carbocycles. The third-order valence-electron chi connectivity index (χ3n) is 2.89. The number of fused-ring (bicyclic) bond motifs is 2. The van der Waals surface area contributed by atoms with Crippen molar-refractivity contribution < 1.29 is 0 Å². The highest BCUT2D eigenvalue weighted by molar-refractivity contribution is 7.71. The van der Waals surface area contributed by atoms with E-state index in [0.717, 1.165) is 0 Å². The molecule has 4 rings (SSSR count). The normalized spacial score (nSPS) is 11.4. The Hall–Kier alpha value is -2.88. The monoisotopic (exact) mass is 286 g/mol. The van der Waals surface area contributed by atoms with E-state index >= 15 is 0 Å². The Balaban J connectivity index is 2.12. The van der Waals surface area contributed by atoms with Crippen LogP contribution in [-0.4, -0.2) is 39.3 Å². The Morgan fingerprint density at radius 1 is 0.950 bits per heavy atom. The topological polar surface area (TPSA) is 110 Å². The number of imidazole rings is 2. The molecule has 10 heteroatoms. The van der Waals surface area contributed by atoms with Gasteiger partial charge >= 0.3 is 0 Å². The van der Waals surface area contributed by atoms with Crippen LogP contribution >= 0.6 is 12.2 Å². The molecule has 4 heterocycles. The largest absolute Gasteiger partial charge is 0.329 e. The number of rotatable bonds is 1. The molecule has 9 nitrogen and oxygen atoms in total. The van der Waals surface area contributed by atoms with E-state index in [4.69, 9.17) is 12.2 Å². The highest BCUT2D eigenvalue weighted by Gasteiger charge is 2.12. The zero-order chi connectivity index (χ0) is 13.7. The van der Waals surface area contributed by atoms with Crippen molar-refractivity contribution in [2.24, 2.45) is 0 Å². The Morgan fingerprint density at radius 2 is 1.70 bits per heavy atom. The lowest BCUT2D eigenvalue weighted by molar-refractivity contribution is 0.687. The Kier molecular flexibility index (Phi) is 2.09. The smallest absolute Gasteiger partial charge is 0.278 e. The van der Waals surface area contributed by atoms with Gasteiger partial charge in [0, 0.05) is 0 Å². The lowest BCUT2D eigenvalue weighted by Crippen LogP contribution is -2.11. The molecular formula is C10H6N8OS. The number of aromatic nitrogens is 8. The van der Waals surface area contributed by atoms with E-state index in [-0.39, 0.29) is 11.1 Å². The molecule has 0 saturated heterocycles. The van der Waals surface area contributed by atoms with Crippen LogP contribution in [0.2, 0.25) is 0 Å². The predicted molar refractivity (Wildman–Crippen MR) is 71.7 cm³/mol. The first-order valence-corrected chi connectivity index (χ1v) is 5.98. The molecule has 0 aliphatic rings. The molecule has 98 valence electrons. The van der Waals surface area contributed by atoms with E-state index in [9.17, 15) is 4.79 Å². The number of nitrogens with zero attached hydrogens (tertiary/aromatic N) is 6. The van der Waals surface area contributed by atoms with Crippen LogP contribution in [-0.2, 0) is 0 Å². The van der Waals surface area contributed by atoms with Crippen LogP contribution in [0.4, 0.5) is 0 Å². The van der Waals surface area contributed by atoms with Crippen molar-refractivity contribution in [2.75, 3.05) is 0 Å². The summed E-state index contributed by atoms with van der Waals surface area (Å²) in [6.45, 7) is 0. The van der Waals surface area contributed by atoms with Crippen molar-refractivity contribution in [3.63, 3.8) is 0 Å². The van der Waals surface area contributed by atoms with Gasteiger partial charge in [0.1, 0.15) is 18.2 Å². The average molecular weight is 286 g/mol. The second-order valence-electron chi connectivity index (χ2n) is 3.99. The molecule has 0 radical (unpaired) electrons. The Morgan fingerprint density at radius 3 is 2.60 bits per heavy atom. The molecule has 0 aliphatic carbocycles. The minimum absolute atomic E-state index is 0.252. The average Bonchev–Trinajstić information content (AvgIpc) is 3.03. The van der Waals surface area contributed by atoms with Crippen LogP contribution in [0.3, 0.4) is 0 Å². The van der Waals surface area contributed by atoms with Gasteiger partial charge < -0.3 is 9.97 Å². The van der Waals surface area contributed by atoms with E-state index in [1.54, 1.807) is 15.7 Å². The third-order valence-corrected chi connectivity index (χ3v) is 3.19. The number of hydrogen-bond acceptors (Lipinski definition) is 6. The molecule has 0 aromatic carbocycles. The molecule has 0 unspecified atom stereocenters. The molecule has 4 aromatic heterocycles. The first kappa shape index (κ1) is 11.0. The Labute approximate surface area is 114 Å². The summed E-state index contributed by atoms with van der Waals surface area (Å²) < 4.78 is 3.66. The minimum atomic E-state index is -0.298. The molecule has 0 amide bonds. The van der Waals surface area contributed by atoms with E-state index < -0.39 is 0 Å². The van der Waals surface area contributed by atoms with Gasteiger partial charge in [-0.2, -0.15) is 0 Å². The van der Waals surface area contributed by atoms with Crippen LogP contribution in [0.25, 0.3) is 22.3 Å². The number of hydrogen-bond donors (Lipinski definition) is 2. The summed E-state index contributed by atoms with van der Waals surface area (Å²) in [4.78, 5) is 33.5. The molecule has 0 fully saturated rings. The van der Waals surface area contributed by atoms with Gasteiger partial charge in [0.25, 0.3) is 5.56 Å². The molecule has 0 aliphatic heterocycles. The zero-order valence-corrected chi connectivity index (χ0v) is 10.6. The Bertz CT molecular complexity index is 968. The van der Waals surface area contributed by atoms with Crippen LogP contribution in [0.5, 0.6) is 0 Å². The van der Waals surface area contributed by atoms with Crippen LogP contribution in [0.15, 0.2) is 30.1 Å². The maximum Gasteiger partial charge on any atom is 0.278 e. The summed E-state index contributed by atoms with van der Waals surface area (Å²) in [7, 11) is 0. The lowest BCUT2D eigenvalue weighted by atomic mass is 10.5. The highest BCUT2D eigenvalue weighted by atomic mass is 32.1. The van der Waals surface area contributed by atoms with Crippen molar-refractivity contribution >= 4 is 34.5 Å². The minimum Gasteiger partial charge on any atom is -0.329 e. The molecule has 4 aromatic rings. The number of nitrogens with one attached hydrogen (secondary N) is 2. The maximum atomic E-state index is 11.6. The standard InChI is InChI=1S/C10H6N8OS/c19-9-5-7(11-1-13-9)17(3-15-5)18-4-16-6-8(18)12-2-14-10(6)20/h1-4H,(H,11,13,19)(H,12,14,20). The highest BCUT2D eigenvalue weighted by Crippen LogP contribution is 2.12. The quantitative estimate of drug-likeness (QED) is 0.485. The van der Waals surface area contributed by atoms with E-state index in [0.29, 0.717) is 21.5 Å². The van der Waals surface area contributed by atoms with Crippen molar-refractivity contribution in [3.8, 4) is 0 Å². The first-order chi connectivity index (χ1) is 9.75. The summed E-state index contributed by atoms with van der Waals surface area (Å²) in [5.41, 5.74) is 1.58. The molecule has 2 N–H and O–H groups in total. The van der Waals surface area contributed by atoms with Gasteiger partial charge in [-0.3, -0.25) is 4.79 Å². The summed E-state index contributed by atoms with van der Waals surface area (Å²) in [6, 6.07) is 0. The van der Waals surface area contributed by atoms with Gasteiger partial charge in [-0.25, -0.2) is 29.3 Å². The predicted octanol–water partition coefficient (Wildman–Crippen LogP) is 0.233. The van der Waals surface area contributed by atoms with Crippen molar-refractivity contribution in [1.29, 1.82) is 0 Å². The van der Waals surface area contributed by atoms with Gasteiger partial charge in [0.05, 0.1) is 12.7 Å². The summed E-state index contributed by atoms with van der Waals surface area (Å²) in [5.74, 6) is 0. The fourth-order valence-electron chi connectivity index (χ4n) is 2.00. The van der Waals surface area contributed by atoms with E-state index in [1.807, 2.05) is 0 Å². The first-order valence-electron chi connectivity index (χ1n) is 5.58.